The van der Waals surface area contributed by atoms with Crippen LogP contribution in [0.2, 0.25) is 0 Å². The molecule has 0 unspecified atom stereocenters. The first-order chi connectivity index (χ1) is 8.26. The highest BCUT2D eigenvalue weighted by atomic mass is 16.5. The second-order valence-corrected chi connectivity index (χ2v) is 4.59. The minimum Gasteiger partial charge on any atom is -0.496 e. The van der Waals surface area contributed by atoms with E-state index in [1.807, 2.05) is 6.07 Å². The van der Waals surface area contributed by atoms with Gasteiger partial charge in [-0.25, -0.2) is 0 Å². The molecule has 3 nitrogen and oxygen atoms in total. The van der Waals surface area contributed by atoms with Gasteiger partial charge in [0, 0.05) is 6.07 Å². The Balaban J connectivity index is 2.34. The molecule has 0 aromatic heterocycles. The van der Waals surface area contributed by atoms with Gasteiger partial charge in [-0.05, 0) is 56.0 Å². The van der Waals surface area contributed by atoms with Gasteiger partial charge < -0.3 is 14.8 Å². The topological polar surface area (TPSA) is 30.5 Å². The Kier molecular flexibility index (Phi) is 3.89. The van der Waals surface area contributed by atoms with Crippen molar-refractivity contribution in [2.45, 2.75) is 25.7 Å². The second-order valence-electron chi connectivity index (χ2n) is 4.59. The van der Waals surface area contributed by atoms with Gasteiger partial charge >= 0.3 is 0 Å². The fourth-order valence-electron chi connectivity index (χ4n) is 2.54. The highest BCUT2D eigenvalue weighted by Gasteiger charge is 2.20. The summed E-state index contributed by atoms with van der Waals surface area (Å²) in [5.74, 6) is 2.47. The molecule has 2 rings (SSSR count). The van der Waals surface area contributed by atoms with Crippen LogP contribution in [0.4, 0.5) is 0 Å². The lowest BCUT2D eigenvalue weighted by molar-refractivity contribution is 0.378. The van der Waals surface area contributed by atoms with Gasteiger partial charge in [0.2, 0.25) is 0 Å². The number of piperidine rings is 1. The van der Waals surface area contributed by atoms with E-state index in [1.54, 1.807) is 14.2 Å². The van der Waals surface area contributed by atoms with Crippen LogP contribution < -0.4 is 14.8 Å². The van der Waals surface area contributed by atoms with Gasteiger partial charge in [0.05, 0.1) is 14.2 Å². The van der Waals surface area contributed by atoms with Crippen molar-refractivity contribution in [3.05, 3.63) is 23.3 Å². The van der Waals surface area contributed by atoms with Gasteiger partial charge in [0.15, 0.2) is 0 Å². The van der Waals surface area contributed by atoms with Gasteiger partial charge in [-0.3, -0.25) is 0 Å². The molecule has 1 fully saturated rings. The second kappa shape index (κ2) is 5.41. The highest BCUT2D eigenvalue weighted by molar-refractivity contribution is 5.47. The van der Waals surface area contributed by atoms with Crippen molar-refractivity contribution in [1.82, 2.24) is 5.32 Å². The lowest BCUT2D eigenvalue weighted by atomic mass is 9.88. The van der Waals surface area contributed by atoms with Crippen molar-refractivity contribution < 1.29 is 9.47 Å². The molecule has 0 atom stereocenters. The maximum atomic E-state index is 5.50. The Morgan fingerprint density at radius 3 is 2.29 bits per heavy atom. The first-order valence-corrected chi connectivity index (χ1v) is 6.19. The smallest absolute Gasteiger partial charge is 0.126 e. The number of ether oxygens (including phenoxy) is 2. The third-order valence-electron chi connectivity index (χ3n) is 3.53. The lowest BCUT2D eigenvalue weighted by Crippen LogP contribution is -2.26. The van der Waals surface area contributed by atoms with E-state index in [1.165, 1.54) is 24.0 Å². The molecule has 17 heavy (non-hydrogen) atoms. The molecule has 0 bridgehead atoms. The van der Waals surface area contributed by atoms with Crippen LogP contribution in [0, 0.1) is 6.92 Å². The fourth-order valence-corrected chi connectivity index (χ4v) is 2.54. The number of hydrogen-bond acceptors (Lipinski definition) is 3. The third-order valence-corrected chi connectivity index (χ3v) is 3.53. The summed E-state index contributed by atoms with van der Waals surface area (Å²) >= 11 is 0. The van der Waals surface area contributed by atoms with E-state index >= 15 is 0 Å². The summed E-state index contributed by atoms with van der Waals surface area (Å²) in [4.78, 5) is 0. The van der Waals surface area contributed by atoms with Gasteiger partial charge in [0.25, 0.3) is 0 Å². The summed E-state index contributed by atoms with van der Waals surface area (Å²) in [5, 5.41) is 3.39. The zero-order valence-corrected chi connectivity index (χ0v) is 10.9. The van der Waals surface area contributed by atoms with Crippen LogP contribution in [-0.2, 0) is 0 Å². The Morgan fingerprint density at radius 1 is 1.06 bits per heavy atom. The normalized spacial score (nSPS) is 16.9. The molecule has 94 valence electrons. The maximum absolute atomic E-state index is 5.50. The van der Waals surface area contributed by atoms with E-state index in [2.05, 4.69) is 18.3 Å². The predicted molar refractivity (Wildman–Crippen MR) is 69.1 cm³/mol. The van der Waals surface area contributed by atoms with Gasteiger partial charge in [-0.1, -0.05) is 0 Å². The van der Waals surface area contributed by atoms with Crippen molar-refractivity contribution in [3.63, 3.8) is 0 Å². The van der Waals surface area contributed by atoms with Crippen LogP contribution >= 0.6 is 0 Å². The Morgan fingerprint density at radius 2 is 1.71 bits per heavy atom. The van der Waals surface area contributed by atoms with E-state index in [9.17, 15) is 0 Å². The summed E-state index contributed by atoms with van der Waals surface area (Å²) in [6.07, 6.45) is 2.37. The number of rotatable bonds is 3. The van der Waals surface area contributed by atoms with Crippen molar-refractivity contribution in [2.24, 2.45) is 0 Å². The zero-order valence-electron chi connectivity index (χ0n) is 10.9. The van der Waals surface area contributed by atoms with E-state index in [4.69, 9.17) is 9.47 Å². The quantitative estimate of drug-likeness (QED) is 0.873. The third kappa shape index (κ3) is 2.55. The molecular weight excluding hydrogens is 214 g/mol. The molecular formula is C14H21NO2. The number of aryl methyl sites for hydroxylation is 1. The Labute approximate surface area is 103 Å². The standard InChI is InChI=1S/C14H21NO2/c1-10-8-12(11-4-6-15-7-5-11)14(17-3)9-13(10)16-2/h8-9,11,15H,4-7H2,1-3H3. The SMILES string of the molecule is COc1cc(OC)c(C2CCNCC2)cc1C. The van der Waals surface area contributed by atoms with E-state index < -0.39 is 0 Å². The molecule has 1 saturated heterocycles. The molecule has 0 saturated carbocycles. The van der Waals surface area contributed by atoms with E-state index in [0.717, 1.165) is 24.6 Å². The maximum Gasteiger partial charge on any atom is 0.126 e. The van der Waals surface area contributed by atoms with Crippen LogP contribution in [-0.4, -0.2) is 27.3 Å². The average molecular weight is 235 g/mol. The minimum absolute atomic E-state index is 0.607. The lowest BCUT2D eigenvalue weighted by Gasteiger charge is -2.25. The van der Waals surface area contributed by atoms with Gasteiger partial charge in [-0.2, -0.15) is 0 Å². The fraction of sp³-hybridized carbons (Fsp3) is 0.571. The molecule has 3 heteroatoms. The average Bonchev–Trinajstić information content (AvgIpc) is 2.39. The molecule has 1 aliphatic heterocycles. The number of hydrogen-bond donors (Lipinski definition) is 1. The Bertz CT molecular complexity index is 384. The number of methoxy groups -OCH3 is 2. The summed E-state index contributed by atoms with van der Waals surface area (Å²) in [7, 11) is 3.43. The Hall–Kier alpha value is -1.22. The van der Waals surface area contributed by atoms with E-state index in [-0.39, 0.29) is 0 Å². The van der Waals surface area contributed by atoms with Crippen molar-refractivity contribution >= 4 is 0 Å². The molecule has 0 spiro atoms. The summed E-state index contributed by atoms with van der Waals surface area (Å²) in [5.41, 5.74) is 2.51. The van der Waals surface area contributed by atoms with Crippen LogP contribution in [0.25, 0.3) is 0 Å². The summed E-state index contributed by atoms with van der Waals surface area (Å²) < 4.78 is 10.8. The monoisotopic (exact) mass is 235 g/mol. The highest BCUT2D eigenvalue weighted by Crippen LogP contribution is 2.36. The number of benzene rings is 1. The van der Waals surface area contributed by atoms with Crippen molar-refractivity contribution in [1.29, 1.82) is 0 Å². The zero-order chi connectivity index (χ0) is 12.3. The van der Waals surface area contributed by atoms with Gasteiger partial charge in [0.1, 0.15) is 11.5 Å². The molecule has 1 aromatic carbocycles. The van der Waals surface area contributed by atoms with Crippen LogP contribution in [0.15, 0.2) is 12.1 Å². The predicted octanol–water partition coefficient (Wildman–Crippen LogP) is 2.48. The number of nitrogens with one attached hydrogen (secondary N) is 1. The van der Waals surface area contributed by atoms with Crippen LogP contribution in [0.1, 0.15) is 29.9 Å². The van der Waals surface area contributed by atoms with Crippen LogP contribution in [0.3, 0.4) is 0 Å². The molecule has 1 N–H and O–H groups in total. The van der Waals surface area contributed by atoms with Crippen LogP contribution in [0.5, 0.6) is 11.5 Å². The van der Waals surface area contributed by atoms with E-state index in [0.29, 0.717) is 5.92 Å². The molecule has 1 aromatic rings. The largest absolute Gasteiger partial charge is 0.496 e. The molecule has 0 amide bonds. The van der Waals surface area contributed by atoms with Crippen molar-refractivity contribution in [2.75, 3.05) is 27.3 Å². The molecule has 0 aliphatic carbocycles. The minimum atomic E-state index is 0.607. The molecule has 0 radical (unpaired) electrons. The summed E-state index contributed by atoms with van der Waals surface area (Å²) in [6, 6.07) is 4.22. The summed E-state index contributed by atoms with van der Waals surface area (Å²) in [6.45, 7) is 4.28. The van der Waals surface area contributed by atoms with Gasteiger partial charge in [-0.15, -0.1) is 0 Å². The van der Waals surface area contributed by atoms with Crippen molar-refractivity contribution in [3.8, 4) is 11.5 Å². The molecule has 1 heterocycles. The molecule has 1 aliphatic rings. The first kappa shape index (κ1) is 12.2. The first-order valence-electron chi connectivity index (χ1n) is 6.19.